The van der Waals surface area contributed by atoms with E-state index in [1.807, 2.05) is 65.5 Å². The number of carbonyl (C=O) groups is 2. The molecule has 0 fully saturated rings. The fourth-order valence-corrected chi connectivity index (χ4v) is 2.97. The van der Waals surface area contributed by atoms with Crippen molar-refractivity contribution in [2.45, 2.75) is 26.2 Å². The number of aromatic nitrogens is 1. The van der Waals surface area contributed by atoms with Crippen LogP contribution >= 0.6 is 0 Å². The van der Waals surface area contributed by atoms with E-state index in [2.05, 4.69) is 31.4 Å². The monoisotopic (exact) mass is 389 g/mol. The first-order chi connectivity index (χ1) is 13.8. The van der Waals surface area contributed by atoms with Gasteiger partial charge in [-0.05, 0) is 59.5 Å². The van der Waals surface area contributed by atoms with Gasteiger partial charge in [-0.15, -0.1) is 0 Å². The summed E-state index contributed by atoms with van der Waals surface area (Å²) in [5.41, 5.74) is 3.44. The van der Waals surface area contributed by atoms with Gasteiger partial charge in [0.2, 0.25) is 0 Å². The molecule has 0 unspecified atom stereocenters. The molecule has 5 heteroatoms. The maximum Gasteiger partial charge on any atom is 0.251 e. The van der Waals surface area contributed by atoms with Crippen molar-refractivity contribution >= 4 is 11.8 Å². The van der Waals surface area contributed by atoms with E-state index in [9.17, 15) is 9.59 Å². The van der Waals surface area contributed by atoms with E-state index in [1.165, 1.54) is 5.56 Å². The van der Waals surface area contributed by atoms with Crippen molar-refractivity contribution in [2.75, 3.05) is 13.1 Å². The standard InChI is InChI=1S/C24H27N3O2/c1-24(2,3)20-10-6-18(7-11-20)22(28)25-14-15-26-23(29)19-8-12-21(13-9-19)27-16-4-5-17-27/h4-13,16-17H,14-15H2,1-3H3,(H,25,28)(H,26,29). The predicted octanol–water partition coefficient (Wildman–Crippen LogP) is 3.93. The zero-order valence-corrected chi connectivity index (χ0v) is 17.1. The summed E-state index contributed by atoms with van der Waals surface area (Å²) in [7, 11) is 0. The molecule has 0 saturated heterocycles. The van der Waals surface area contributed by atoms with Crippen LogP contribution in [-0.4, -0.2) is 29.5 Å². The largest absolute Gasteiger partial charge is 0.350 e. The highest BCUT2D eigenvalue weighted by atomic mass is 16.2. The van der Waals surface area contributed by atoms with Gasteiger partial charge in [0.25, 0.3) is 11.8 Å². The third-order valence-corrected chi connectivity index (χ3v) is 4.74. The zero-order chi connectivity index (χ0) is 20.9. The van der Waals surface area contributed by atoms with Gasteiger partial charge in [0.1, 0.15) is 0 Å². The number of hydrogen-bond donors (Lipinski definition) is 2. The average molecular weight is 389 g/mol. The molecule has 3 rings (SSSR count). The third-order valence-electron chi connectivity index (χ3n) is 4.74. The topological polar surface area (TPSA) is 63.1 Å². The molecule has 0 aliphatic carbocycles. The lowest BCUT2D eigenvalue weighted by Crippen LogP contribution is -2.34. The average Bonchev–Trinajstić information content (AvgIpc) is 3.25. The van der Waals surface area contributed by atoms with Crippen LogP contribution in [0, 0.1) is 0 Å². The smallest absolute Gasteiger partial charge is 0.251 e. The molecule has 0 bridgehead atoms. The van der Waals surface area contributed by atoms with Gasteiger partial charge in [-0.25, -0.2) is 0 Å². The summed E-state index contributed by atoms with van der Waals surface area (Å²) < 4.78 is 1.98. The second kappa shape index (κ2) is 8.78. The van der Waals surface area contributed by atoms with Gasteiger partial charge in [-0.3, -0.25) is 9.59 Å². The number of rotatable bonds is 6. The number of amides is 2. The van der Waals surface area contributed by atoms with E-state index < -0.39 is 0 Å². The Labute approximate surface area is 171 Å². The summed E-state index contributed by atoms with van der Waals surface area (Å²) in [6.07, 6.45) is 3.91. The van der Waals surface area contributed by atoms with Crippen LogP contribution in [0.15, 0.2) is 73.1 Å². The van der Waals surface area contributed by atoms with Gasteiger partial charge in [0.15, 0.2) is 0 Å². The Kier molecular flexibility index (Phi) is 6.17. The van der Waals surface area contributed by atoms with Crippen molar-refractivity contribution in [3.05, 3.63) is 89.7 Å². The van der Waals surface area contributed by atoms with Gasteiger partial charge >= 0.3 is 0 Å². The number of hydrogen-bond acceptors (Lipinski definition) is 2. The molecular weight excluding hydrogens is 362 g/mol. The summed E-state index contributed by atoms with van der Waals surface area (Å²) in [6.45, 7) is 7.15. The molecule has 0 aliphatic heterocycles. The Morgan fingerprint density at radius 2 is 1.21 bits per heavy atom. The molecule has 29 heavy (non-hydrogen) atoms. The maximum atomic E-state index is 12.3. The molecule has 2 amide bonds. The van der Waals surface area contributed by atoms with Gasteiger partial charge in [0, 0.05) is 42.3 Å². The van der Waals surface area contributed by atoms with Crippen LogP contribution in [0.25, 0.3) is 5.69 Å². The van der Waals surface area contributed by atoms with Crippen molar-refractivity contribution in [2.24, 2.45) is 0 Å². The molecule has 0 radical (unpaired) electrons. The fourth-order valence-electron chi connectivity index (χ4n) is 2.97. The highest BCUT2D eigenvalue weighted by Gasteiger charge is 2.14. The van der Waals surface area contributed by atoms with Crippen LogP contribution in [0.4, 0.5) is 0 Å². The first kappa shape index (κ1) is 20.4. The van der Waals surface area contributed by atoms with Crippen LogP contribution in [0.2, 0.25) is 0 Å². The van der Waals surface area contributed by atoms with Crippen molar-refractivity contribution in [3.63, 3.8) is 0 Å². The summed E-state index contributed by atoms with van der Waals surface area (Å²) >= 11 is 0. The van der Waals surface area contributed by atoms with Crippen molar-refractivity contribution < 1.29 is 9.59 Å². The van der Waals surface area contributed by atoms with E-state index in [1.54, 1.807) is 12.1 Å². The summed E-state index contributed by atoms with van der Waals surface area (Å²) in [4.78, 5) is 24.5. The van der Waals surface area contributed by atoms with Crippen molar-refractivity contribution in [3.8, 4) is 5.69 Å². The van der Waals surface area contributed by atoms with E-state index in [4.69, 9.17) is 0 Å². The van der Waals surface area contributed by atoms with Crippen molar-refractivity contribution in [1.29, 1.82) is 0 Å². The molecular formula is C24H27N3O2. The lowest BCUT2D eigenvalue weighted by atomic mass is 9.87. The Hall–Kier alpha value is -3.34. The summed E-state index contributed by atoms with van der Waals surface area (Å²) in [5.74, 6) is -0.302. The molecule has 0 atom stereocenters. The molecule has 2 aromatic carbocycles. The van der Waals surface area contributed by atoms with Crippen LogP contribution in [0.5, 0.6) is 0 Å². The van der Waals surface area contributed by atoms with E-state index in [0.717, 1.165) is 5.69 Å². The SMILES string of the molecule is CC(C)(C)c1ccc(C(=O)NCCNC(=O)c2ccc(-n3cccc3)cc2)cc1. The highest BCUT2D eigenvalue weighted by molar-refractivity contribution is 5.95. The van der Waals surface area contributed by atoms with E-state index >= 15 is 0 Å². The van der Waals surface area contributed by atoms with Crippen molar-refractivity contribution in [1.82, 2.24) is 15.2 Å². The Balaban J connectivity index is 1.45. The second-order valence-electron chi connectivity index (χ2n) is 7.98. The van der Waals surface area contributed by atoms with Crippen LogP contribution in [0.3, 0.4) is 0 Å². The summed E-state index contributed by atoms with van der Waals surface area (Å²) in [6, 6.07) is 18.9. The molecule has 0 spiro atoms. The van der Waals surface area contributed by atoms with Gasteiger partial charge in [-0.2, -0.15) is 0 Å². The predicted molar refractivity (Wildman–Crippen MR) is 116 cm³/mol. The fraction of sp³-hybridized carbons (Fsp3) is 0.250. The Morgan fingerprint density at radius 3 is 1.66 bits per heavy atom. The number of nitrogens with zero attached hydrogens (tertiary/aromatic N) is 1. The first-order valence-corrected chi connectivity index (χ1v) is 9.75. The Bertz CT molecular complexity index is 951. The quantitative estimate of drug-likeness (QED) is 0.628. The van der Waals surface area contributed by atoms with Gasteiger partial charge in [0.05, 0.1) is 0 Å². The van der Waals surface area contributed by atoms with Crippen LogP contribution in [0.1, 0.15) is 47.1 Å². The minimum absolute atomic E-state index is 0.0549. The molecule has 150 valence electrons. The molecule has 1 aromatic heterocycles. The van der Waals surface area contributed by atoms with Crippen LogP contribution < -0.4 is 10.6 Å². The normalized spacial score (nSPS) is 11.1. The molecule has 3 aromatic rings. The minimum atomic E-state index is -0.159. The number of nitrogens with one attached hydrogen (secondary N) is 2. The molecule has 5 nitrogen and oxygen atoms in total. The molecule has 0 saturated carbocycles. The molecule has 0 aliphatic rings. The second-order valence-corrected chi connectivity index (χ2v) is 7.98. The molecule has 1 heterocycles. The summed E-state index contributed by atoms with van der Waals surface area (Å²) in [5, 5.41) is 5.66. The van der Waals surface area contributed by atoms with Gasteiger partial charge in [-0.1, -0.05) is 32.9 Å². The maximum absolute atomic E-state index is 12.3. The minimum Gasteiger partial charge on any atom is -0.350 e. The zero-order valence-electron chi connectivity index (χ0n) is 17.1. The lowest BCUT2D eigenvalue weighted by Gasteiger charge is -2.19. The lowest BCUT2D eigenvalue weighted by molar-refractivity contribution is 0.0927. The van der Waals surface area contributed by atoms with E-state index in [0.29, 0.717) is 24.2 Å². The number of benzene rings is 2. The third kappa shape index (κ3) is 5.35. The first-order valence-electron chi connectivity index (χ1n) is 9.75. The number of carbonyl (C=O) groups excluding carboxylic acids is 2. The van der Waals surface area contributed by atoms with E-state index in [-0.39, 0.29) is 17.2 Å². The Morgan fingerprint density at radius 1 is 0.759 bits per heavy atom. The highest BCUT2D eigenvalue weighted by Crippen LogP contribution is 2.22. The molecule has 2 N–H and O–H groups in total. The van der Waals surface area contributed by atoms with Crippen LogP contribution in [-0.2, 0) is 5.41 Å². The van der Waals surface area contributed by atoms with Gasteiger partial charge < -0.3 is 15.2 Å².